The second kappa shape index (κ2) is 4.95. The van der Waals surface area contributed by atoms with Gasteiger partial charge in [-0.2, -0.15) is 5.26 Å². The molecule has 1 aromatic rings. The zero-order valence-corrected chi connectivity index (χ0v) is 13.3. The first kappa shape index (κ1) is 13.2. The molecule has 1 aromatic carbocycles. The van der Waals surface area contributed by atoms with E-state index < -0.39 is 5.91 Å². The fraction of sp³-hybridized carbons (Fsp3) is 0. The van der Waals surface area contributed by atoms with Crippen molar-refractivity contribution in [1.29, 1.82) is 5.26 Å². The fourth-order valence-corrected chi connectivity index (χ4v) is 3.37. The third-order valence-electron chi connectivity index (χ3n) is 1.63. The van der Waals surface area contributed by atoms with E-state index in [1.54, 1.807) is 0 Å². The van der Waals surface area contributed by atoms with Crippen LogP contribution in [0.3, 0.4) is 0 Å². The maximum Gasteiger partial charge on any atom is 0.251 e. The Hall–Kier alpha value is 0.1000. The summed E-state index contributed by atoms with van der Waals surface area (Å²) in [6.45, 7) is 0. The minimum absolute atomic E-state index is 0.152. The quantitative estimate of drug-likeness (QED) is 0.512. The molecule has 0 heterocycles. The Labute approximate surface area is 120 Å². The first-order chi connectivity index (χ1) is 6.91. The lowest BCUT2D eigenvalue weighted by Crippen LogP contribution is -2.14. The van der Waals surface area contributed by atoms with E-state index in [1.807, 2.05) is 6.07 Å². The van der Waals surface area contributed by atoms with Crippen molar-refractivity contribution in [1.82, 2.24) is 0 Å². The van der Waals surface area contributed by atoms with E-state index in [0.717, 1.165) is 0 Å². The lowest BCUT2D eigenvalue weighted by atomic mass is 10.1. The number of carbonyl (C=O) groups excluding carboxylic acids is 1. The van der Waals surface area contributed by atoms with Crippen LogP contribution in [0.4, 0.5) is 0 Å². The summed E-state index contributed by atoms with van der Waals surface area (Å²) in [6.07, 6.45) is 0. The zero-order chi connectivity index (χ0) is 11.7. The number of rotatable bonds is 1. The van der Waals surface area contributed by atoms with Crippen LogP contribution in [0.25, 0.3) is 0 Å². The first-order valence-corrected chi connectivity index (χ1v) is 6.64. The number of halogens is 4. The number of carbonyl (C=O) groups is 1. The Kier molecular flexibility index (Phi) is 4.35. The first-order valence-electron chi connectivity index (χ1n) is 3.47. The third-order valence-corrected chi connectivity index (χ3v) is 6.39. The second-order valence-electron chi connectivity index (χ2n) is 2.48. The van der Waals surface area contributed by atoms with Crippen molar-refractivity contribution in [3.8, 4) is 6.07 Å². The molecule has 0 spiro atoms. The van der Waals surface area contributed by atoms with Gasteiger partial charge in [-0.15, -0.1) is 0 Å². The number of nitriles is 1. The molecule has 7 heteroatoms. The van der Waals surface area contributed by atoms with Gasteiger partial charge >= 0.3 is 0 Å². The third kappa shape index (κ3) is 2.28. The number of nitrogens with two attached hydrogens (primary N) is 1. The van der Waals surface area contributed by atoms with E-state index in [9.17, 15) is 4.79 Å². The summed E-state index contributed by atoms with van der Waals surface area (Å²) in [6, 6.07) is 1.93. The molecule has 0 saturated heterocycles. The topological polar surface area (TPSA) is 66.9 Å². The van der Waals surface area contributed by atoms with Crippen molar-refractivity contribution in [3.63, 3.8) is 0 Å². The van der Waals surface area contributed by atoms with Crippen LogP contribution >= 0.6 is 63.7 Å². The highest BCUT2D eigenvalue weighted by molar-refractivity contribution is 9.15. The van der Waals surface area contributed by atoms with Gasteiger partial charge in [0.25, 0.3) is 5.91 Å². The molecule has 0 aliphatic carbocycles. The summed E-state index contributed by atoms with van der Waals surface area (Å²) < 4.78 is 2.23. The second-order valence-corrected chi connectivity index (χ2v) is 5.65. The highest BCUT2D eigenvalue weighted by Crippen LogP contribution is 2.41. The Morgan fingerprint density at radius 3 is 1.93 bits per heavy atom. The maximum absolute atomic E-state index is 11.2. The number of hydrogen-bond acceptors (Lipinski definition) is 2. The molecule has 0 aliphatic rings. The Balaban J connectivity index is 3.80. The molecule has 1 rings (SSSR count). The van der Waals surface area contributed by atoms with E-state index in [-0.39, 0.29) is 11.1 Å². The van der Waals surface area contributed by atoms with Gasteiger partial charge in [-0.05, 0) is 63.7 Å². The molecule has 1 amide bonds. The lowest BCUT2D eigenvalue weighted by Gasteiger charge is -2.10. The van der Waals surface area contributed by atoms with E-state index >= 15 is 0 Å². The van der Waals surface area contributed by atoms with Gasteiger partial charge in [-0.25, -0.2) is 0 Å². The van der Waals surface area contributed by atoms with Crippen LogP contribution in [-0.4, -0.2) is 5.91 Å². The number of benzene rings is 1. The van der Waals surface area contributed by atoms with Gasteiger partial charge < -0.3 is 5.73 Å². The molecule has 3 nitrogen and oxygen atoms in total. The fourth-order valence-electron chi connectivity index (χ4n) is 0.968. The molecule has 0 unspecified atom stereocenters. The number of amides is 1. The maximum atomic E-state index is 11.2. The van der Waals surface area contributed by atoms with Crippen molar-refractivity contribution in [2.24, 2.45) is 5.73 Å². The standard InChI is InChI=1S/C8H2Br4N2O/c9-4-2(1-13)3(8(14)15)5(10)7(12)6(4)11/h(H2,14,15). The summed E-state index contributed by atoms with van der Waals surface area (Å²) in [5.74, 6) is -0.660. The molecule has 15 heavy (non-hydrogen) atoms. The Morgan fingerprint density at radius 1 is 1.07 bits per heavy atom. The smallest absolute Gasteiger partial charge is 0.251 e. The average Bonchev–Trinajstić information content (AvgIpc) is 2.19. The zero-order valence-electron chi connectivity index (χ0n) is 6.94. The highest BCUT2D eigenvalue weighted by atomic mass is 79.9. The van der Waals surface area contributed by atoms with Crippen LogP contribution in [0.1, 0.15) is 15.9 Å². The molecule has 0 atom stereocenters. The monoisotopic (exact) mass is 458 g/mol. The summed E-state index contributed by atoms with van der Waals surface area (Å²) in [4.78, 5) is 11.2. The van der Waals surface area contributed by atoms with Crippen LogP contribution in [0.15, 0.2) is 17.9 Å². The van der Waals surface area contributed by atoms with Crippen LogP contribution in [0.2, 0.25) is 0 Å². The average molecular weight is 462 g/mol. The van der Waals surface area contributed by atoms with Gasteiger partial charge in [0.1, 0.15) is 6.07 Å². The predicted octanol–water partition coefficient (Wildman–Crippen LogP) is 3.71. The molecule has 0 saturated carbocycles. The van der Waals surface area contributed by atoms with Gasteiger partial charge in [-0.1, -0.05) is 0 Å². The minimum Gasteiger partial charge on any atom is -0.366 e. The molecule has 0 aromatic heterocycles. The lowest BCUT2D eigenvalue weighted by molar-refractivity contribution is 0.0999. The van der Waals surface area contributed by atoms with Crippen molar-refractivity contribution in [2.45, 2.75) is 0 Å². The van der Waals surface area contributed by atoms with Crippen LogP contribution in [0.5, 0.6) is 0 Å². The largest absolute Gasteiger partial charge is 0.366 e. The molecule has 0 fully saturated rings. The normalized spacial score (nSPS) is 9.80. The summed E-state index contributed by atoms with van der Waals surface area (Å²) in [5, 5.41) is 8.94. The molecule has 2 N–H and O–H groups in total. The van der Waals surface area contributed by atoms with E-state index in [1.165, 1.54) is 0 Å². The number of nitrogens with zero attached hydrogens (tertiary/aromatic N) is 1. The number of primary amides is 1. The minimum atomic E-state index is -0.660. The molecule has 0 aliphatic heterocycles. The Morgan fingerprint density at radius 2 is 1.53 bits per heavy atom. The molecular weight excluding hydrogens is 460 g/mol. The SMILES string of the molecule is N#Cc1c(Br)c(Br)c(Br)c(Br)c1C(N)=O. The van der Waals surface area contributed by atoms with Gasteiger partial charge in [0.05, 0.1) is 15.6 Å². The van der Waals surface area contributed by atoms with Crippen molar-refractivity contribution < 1.29 is 4.79 Å². The van der Waals surface area contributed by atoms with E-state index in [0.29, 0.717) is 17.9 Å². The molecule has 0 radical (unpaired) electrons. The van der Waals surface area contributed by atoms with Crippen LogP contribution < -0.4 is 5.73 Å². The van der Waals surface area contributed by atoms with E-state index in [4.69, 9.17) is 11.0 Å². The van der Waals surface area contributed by atoms with E-state index in [2.05, 4.69) is 63.7 Å². The van der Waals surface area contributed by atoms with Gasteiger partial charge in [0.2, 0.25) is 0 Å². The summed E-state index contributed by atoms with van der Waals surface area (Å²) >= 11 is 13.0. The van der Waals surface area contributed by atoms with Crippen molar-refractivity contribution >= 4 is 69.6 Å². The van der Waals surface area contributed by atoms with Gasteiger partial charge in [-0.3, -0.25) is 4.79 Å². The summed E-state index contributed by atoms with van der Waals surface area (Å²) in [7, 11) is 0. The van der Waals surface area contributed by atoms with Gasteiger partial charge in [0, 0.05) is 13.4 Å². The number of hydrogen-bond donors (Lipinski definition) is 1. The molecular formula is C8H2Br4N2O. The van der Waals surface area contributed by atoms with Gasteiger partial charge in [0.15, 0.2) is 0 Å². The van der Waals surface area contributed by atoms with Crippen LogP contribution in [0, 0.1) is 11.3 Å². The molecule has 0 bridgehead atoms. The van der Waals surface area contributed by atoms with Crippen LogP contribution in [-0.2, 0) is 0 Å². The van der Waals surface area contributed by atoms with Crippen molar-refractivity contribution in [3.05, 3.63) is 29.0 Å². The predicted molar refractivity (Wildman–Crippen MR) is 70.5 cm³/mol. The molecule has 78 valence electrons. The van der Waals surface area contributed by atoms with Crippen molar-refractivity contribution in [2.75, 3.05) is 0 Å². The summed E-state index contributed by atoms with van der Waals surface area (Å²) in [5.41, 5.74) is 5.55. The Bertz CT molecular complexity index is 493. The highest BCUT2D eigenvalue weighted by Gasteiger charge is 2.22.